The lowest BCUT2D eigenvalue weighted by atomic mass is 10.2. The summed E-state index contributed by atoms with van der Waals surface area (Å²) in [5, 5.41) is 2.14. The van der Waals surface area contributed by atoms with Gasteiger partial charge in [0.25, 0.3) is 0 Å². The zero-order chi connectivity index (χ0) is 15.8. The Morgan fingerprint density at radius 3 is 2.67 bits per heavy atom. The van der Waals surface area contributed by atoms with Gasteiger partial charge in [-0.05, 0) is 40.5 Å². The highest BCUT2D eigenvalue weighted by Crippen LogP contribution is 2.29. The average Bonchev–Trinajstić information content (AvgIpc) is 2.37. The number of hydrogen-bond donors (Lipinski definition) is 2. The second-order valence-corrected chi connectivity index (χ2v) is 7.29. The fraction of sp³-hybridized carbons (Fsp3) is 0.333. The molecule has 0 aromatic heterocycles. The zero-order valence-corrected chi connectivity index (χ0v) is 13.6. The van der Waals surface area contributed by atoms with Crippen LogP contribution in [0.25, 0.3) is 0 Å². The van der Waals surface area contributed by atoms with Crippen LogP contribution in [0.1, 0.15) is 13.3 Å². The summed E-state index contributed by atoms with van der Waals surface area (Å²) in [6.45, 7) is 1.30. The summed E-state index contributed by atoms with van der Waals surface area (Å²) >= 11 is 3.15. The lowest BCUT2D eigenvalue weighted by Crippen LogP contribution is -2.59. The maximum absolute atomic E-state index is 12.7. The molecule has 0 saturated carbocycles. The summed E-state index contributed by atoms with van der Waals surface area (Å²) in [5.41, 5.74) is 5.99. The Kier molecular flexibility index (Phi) is 4.35. The van der Waals surface area contributed by atoms with Crippen LogP contribution < -0.4 is 11.1 Å². The Bertz CT molecular complexity index is 704. The Morgan fingerprint density at radius 1 is 1.43 bits per heavy atom. The number of rotatable bonds is 3. The molecule has 1 fully saturated rings. The van der Waals surface area contributed by atoms with Crippen LogP contribution in [0, 0.1) is 0 Å². The first kappa shape index (κ1) is 15.9. The lowest BCUT2D eigenvalue weighted by Gasteiger charge is -2.32. The van der Waals surface area contributed by atoms with Crippen LogP contribution in [0.3, 0.4) is 0 Å². The summed E-state index contributed by atoms with van der Waals surface area (Å²) in [6, 6.07) is 3.35. The maximum atomic E-state index is 12.7. The smallest absolute Gasteiger partial charge is 0.245 e. The molecule has 1 saturated heterocycles. The molecule has 2 amide bonds. The van der Waals surface area contributed by atoms with Gasteiger partial charge >= 0.3 is 0 Å². The van der Waals surface area contributed by atoms with Crippen molar-refractivity contribution in [1.29, 1.82) is 0 Å². The first-order valence-electron chi connectivity index (χ1n) is 6.18. The van der Waals surface area contributed by atoms with Crippen molar-refractivity contribution in [3.63, 3.8) is 0 Å². The lowest BCUT2D eigenvalue weighted by molar-refractivity contribution is -0.137. The number of nitrogens with two attached hydrogens (primary N) is 1. The van der Waals surface area contributed by atoms with Crippen LogP contribution in [-0.4, -0.2) is 37.1 Å². The van der Waals surface area contributed by atoms with Gasteiger partial charge in [-0.1, -0.05) is 6.92 Å². The van der Waals surface area contributed by atoms with Crippen LogP contribution in [0.4, 0.5) is 5.69 Å². The fourth-order valence-corrected chi connectivity index (χ4v) is 4.81. The van der Waals surface area contributed by atoms with Crippen molar-refractivity contribution in [1.82, 2.24) is 9.62 Å². The summed E-state index contributed by atoms with van der Waals surface area (Å²) in [6.07, 6.45) is 0.269. The molecule has 3 N–H and O–H groups in total. The molecule has 1 aliphatic rings. The van der Waals surface area contributed by atoms with Gasteiger partial charge in [-0.2, -0.15) is 4.31 Å². The maximum Gasteiger partial charge on any atom is 0.245 e. The van der Waals surface area contributed by atoms with Gasteiger partial charge in [0.05, 0.1) is 11.4 Å². The molecule has 114 valence electrons. The molecule has 0 radical (unpaired) electrons. The second-order valence-electron chi connectivity index (χ2n) is 4.58. The van der Waals surface area contributed by atoms with Crippen LogP contribution >= 0.6 is 15.9 Å². The van der Waals surface area contributed by atoms with E-state index < -0.39 is 27.9 Å². The van der Waals surface area contributed by atoms with Crippen molar-refractivity contribution in [2.75, 3.05) is 12.3 Å². The van der Waals surface area contributed by atoms with Crippen molar-refractivity contribution in [3.05, 3.63) is 22.7 Å². The molecule has 9 heteroatoms. The van der Waals surface area contributed by atoms with Crippen LogP contribution in [0.15, 0.2) is 27.6 Å². The predicted molar refractivity (Wildman–Crippen MR) is 79.7 cm³/mol. The van der Waals surface area contributed by atoms with E-state index in [1.165, 1.54) is 18.2 Å². The molecule has 2 rings (SSSR count). The van der Waals surface area contributed by atoms with Crippen LogP contribution in [-0.2, 0) is 19.6 Å². The highest BCUT2D eigenvalue weighted by atomic mass is 79.9. The Balaban J connectivity index is 2.50. The van der Waals surface area contributed by atoms with Gasteiger partial charge in [0.2, 0.25) is 21.8 Å². The Hall–Kier alpha value is -1.45. The number of piperazine rings is 1. The van der Waals surface area contributed by atoms with Crippen molar-refractivity contribution < 1.29 is 18.0 Å². The quantitative estimate of drug-likeness (QED) is 0.588. The molecule has 1 atom stereocenters. The molecule has 0 spiro atoms. The Morgan fingerprint density at radius 2 is 2.10 bits per heavy atom. The van der Waals surface area contributed by atoms with Crippen LogP contribution in [0.5, 0.6) is 0 Å². The van der Waals surface area contributed by atoms with Gasteiger partial charge in [-0.15, -0.1) is 0 Å². The van der Waals surface area contributed by atoms with E-state index in [0.29, 0.717) is 5.69 Å². The minimum Gasteiger partial charge on any atom is -0.399 e. The Labute approximate surface area is 130 Å². The number of nitrogen functional groups attached to an aromatic ring is 1. The first-order valence-corrected chi connectivity index (χ1v) is 8.41. The fourth-order valence-electron chi connectivity index (χ4n) is 2.14. The number of sulfonamides is 1. The number of nitrogens with zero attached hydrogens (tertiary/aromatic N) is 1. The largest absolute Gasteiger partial charge is 0.399 e. The normalized spacial score (nSPS) is 20.4. The molecule has 1 aromatic carbocycles. The third-order valence-corrected chi connectivity index (χ3v) is 5.97. The molecule has 21 heavy (non-hydrogen) atoms. The number of hydrogen-bond acceptors (Lipinski definition) is 5. The van der Waals surface area contributed by atoms with Gasteiger partial charge in [0.15, 0.2) is 0 Å². The van der Waals surface area contributed by atoms with E-state index in [0.717, 1.165) is 4.31 Å². The van der Waals surface area contributed by atoms with Crippen LogP contribution in [0.2, 0.25) is 0 Å². The third kappa shape index (κ3) is 2.94. The number of imide groups is 1. The van der Waals surface area contributed by atoms with Gasteiger partial charge in [0.1, 0.15) is 6.04 Å². The molecule has 1 heterocycles. The number of nitrogens with one attached hydrogen (secondary N) is 1. The zero-order valence-electron chi connectivity index (χ0n) is 11.2. The predicted octanol–water partition coefficient (Wildman–Crippen LogP) is 0.457. The van der Waals surface area contributed by atoms with Crippen molar-refractivity contribution >= 4 is 43.5 Å². The first-order chi connectivity index (χ1) is 9.77. The highest BCUT2D eigenvalue weighted by molar-refractivity contribution is 9.10. The van der Waals surface area contributed by atoms with E-state index in [4.69, 9.17) is 5.73 Å². The van der Waals surface area contributed by atoms with Crippen molar-refractivity contribution in [2.45, 2.75) is 24.3 Å². The van der Waals surface area contributed by atoms with E-state index in [9.17, 15) is 18.0 Å². The van der Waals surface area contributed by atoms with Gasteiger partial charge in [-0.25, -0.2) is 8.42 Å². The number of halogens is 1. The number of anilines is 1. The standard InChI is InChI=1S/C12H14BrN3O4S/c1-2-9-12(18)15-11(17)6-16(9)21(19,20)10-4-3-7(14)5-8(10)13/h3-5,9H,2,6,14H2,1H3,(H,15,17,18). The molecule has 0 aliphatic carbocycles. The van der Waals surface area contributed by atoms with Gasteiger partial charge in [0, 0.05) is 10.2 Å². The molecular formula is C12H14BrN3O4S. The number of carbonyl (C=O) groups is 2. The van der Waals surface area contributed by atoms with E-state index in [2.05, 4.69) is 21.2 Å². The summed E-state index contributed by atoms with van der Waals surface area (Å²) < 4.78 is 26.6. The van der Waals surface area contributed by atoms with E-state index in [-0.39, 0.29) is 22.3 Å². The van der Waals surface area contributed by atoms with Crippen molar-refractivity contribution in [3.8, 4) is 0 Å². The molecular weight excluding hydrogens is 362 g/mol. The number of benzene rings is 1. The number of amides is 2. The third-order valence-electron chi connectivity index (χ3n) is 3.14. The minimum absolute atomic E-state index is 0.0300. The summed E-state index contributed by atoms with van der Waals surface area (Å²) in [7, 11) is -3.99. The van der Waals surface area contributed by atoms with Gasteiger partial charge < -0.3 is 5.73 Å². The highest BCUT2D eigenvalue weighted by Gasteiger charge is 2.41. The monoisotopic (exact) mass is 375 g/mol. The molecule has 1 aliphatic heterocycles. The second kappa shape index (κ2) is 5.74. The van der Waals surface area contributed by atoms with E-state index >= 15 is 0 Å². The number of carbonyl (C=O) groups excluding carboxylic acids is 2. The molecule has 7 nitrogen and oxygen atoms in total. The molecule has 1 unspecified atom stereocenters. The summed E-state index contributed by atoms with van der Waals surface area (Å²) in [5.74, 6) is -1.25. The van der Waals surface area contributed by atoms with E-state index in [1.807, 2.05) is 0 Å². The topological polar surface area (TPSA) is 110 Å². The summed E-state index contributed by atoms with van der Waals surface area (Å²) in [4.78, 5) is 23.3. The average molecular weight is 376 g/mol. The SMILES string of the molecule is CCC1C(=O)NC(=O)CN1S(=O)(=O)c1ccc(N)cc1Br. The minimum atomic E-state index is -3.99. The molecule has 1 aromatic rings. The van der Waals surface area contributed by atoms with Gasteiger partial charge in [-0.3, -0.25) is 14.9 Å². The van der Waals surface area contributed by atoms with Crippen molar-refractivity contribution in [2.24, 2.45) is 0 Å². The molecule has 0 bridgehead atoms. The van der Waals surface area contributed by atoms with E-state index in [1.54, 1.807) is 6.92 Å².